The van der Waals surface area contributed by atoms with Crippen LogP contribution in [0.3, 0.4) is 0 Å². The summed E-state index contributed by atoms with van der Waals surface area (Å²) < 4.78 is 0. The predicted octanol–water partition coefficient (Wildman–Crippen LogP) is 3.42. The fourth-order valence-electron chi connectivity index (χ4n) is 3.72. The van der Waals surface area contributed by atoms with E-state index in [2.05, 4.69) is 12.2 Å². The highest BCUT2D eigenvalue weighted by atomic mass is 16.2. The van der Waals surface area contributed by atoms with Crippen molar-refractivity contribution in [1.29, 1.82) is 0 Å². The van der Waals surface area contributed by atoms with Crippen LogP contribution in [0.15, 0.2) is 18.2 Å². The molecular weight excluding hydrogens is 288 g/mol. The summed E-state index contributed by atoms with van der Waals surface area (Å²) in [4.78, 5) is 26.7. The van der Waals surface area contributed by atoms with Crippen LogP contribution in [0.4, 0.5) is 5.69 Å². The fraction of sp³-hybridized carbons (Fsp3) is 0.579. The van der Waals surface area contributed by atoms with E-state index >= 15 is 0 Å². The Balaban J connectivity index is 1.61. The van der Waals surface area contributed by atoms with Gasteiger partial charge in [0.1, 0.15) is 0 Å². The molecule has 1 saturated carbocycles. The first-order valence-electron chi connectivity index (χ1n) is 8.72. The molecule has 4 heteroatoms. The van der Waals surface area contributed by atoms with E-state index in [-0.39, 0.29) is 17.7 Å². The van der Waals surface area contributed by atoms with Crippen molar-refractivity contribution in [1.82, 2.24) is 4.90 Å². The minimum atomic E-state index is -0.217. The van der Waals surface area contributed by atoms with Gasteiger partial charge in [0.2, 0.25) is 11.8 Å². The molecule has 1 heterocycles. The van der Waals surface area contributed by atoms with Gasteiger partial charge < -0.3 is 10.2 Å². The molecule has 2 amide bonds. The van der Waals surface area contributed by atoms with Crippen molar-refractivity contribution in [3.63, 3.8) is 0 Å². The van der Waals surface area contributed by atoms with Crippen molar-refractivity contribution in [2.24, 2.45) is 5.92 Å². The Morgan fingerprint density at radius 1 is 1.13 bits per heavy atom. The molecule has 2 aliphatic rings. The Morgan fingerprint density at radius 2 is 1.87 bits per heavy atom. The number of carbonyl (C=O) groups excluding carboxylic acids is 2. The van der Waals surface area contributed by atoms with Crippen LogP contribution >= 0.6 is 0 Å². The van der Waals surface area contributed by atoms with Crippen LogP contribution < -0.4 is 5.32 Å². The normalized spacial score (nSPS) is 22.4. The van der Waals surface area contributed by atoms with Crippen molar-refractivity contribution in [2.45, 2.75) is 58.4 Å². The van der Waals surface area contributed by atoms with Gasteiger partial charge in [0.15, 0.2) is 0 Å². The van der Waals surface area contributed by atoms with Crippen molar-refractivity contribution < 1.29 is 9.59 Å². The lowest BCUT2D eigenvalue weighted by Crippen LogP contribution is -2.38. The van der Waals surface area contributed by atoms with Gasteiger partial charge in [0, 0.05) is 24.7 Å². The zero-order valence-electron chi connectivity index (χ0n) is 14.1. The molecule has 0 unspecified atom stereocenters. The van der Waals surface area contributed by atoms with Gasteiger partial charge in [0.25, 0.3) is 0 Å². The van der Waals surface area contributed by atoms with Gasteiger partial charge in [-0.05, 0) is 49.9 Å². The van der Waals surface area contributed by atoms with E-state index in [4.69, 9.17) is 0 Å². The molecule has 1 saturated heterocycles. The summed E-state index contributed by atoms with van der Waals surface area (Å²) in [6.45, 7) is 4.67. The van der Waals surface area contributed by atoms with Gasteiger partial charge in [-0.3, -0.25) is 9.59 Å². The average Bonchev–Trinajstić information content (AvgIpc) is 2.94. The third-order valence-corrected chi connectivity index (χ3v) is 5.32. The highest BCUT2D eigenvalue weighted by molar-refractivity contribution is 5.97. The van der Waals surface area contributed by atoms with Crippen molar-refractivity contribution in [3.05, 3.63) is 29.3 Å². The molecule has 0 radical (unpaired) electrons. The van der Waals surface area contributed by atoms with E-state index in [1.807, 2.05) is 30.0 Å². The Bertz CT molecular complexity index is 605. The second-order valence-electron chi connectivity index (χ2n) is 7.03. The van der Waals surface area contributed by atoms with Crippen LogP contribution in [0, 0.1) is 19.8 Å². The maximum Gasteiger partial charge on any atom is 0.229 e. The maximum atomic E-state index is 12.5. The quantitative estimate of drug-likeness (QED) is 0.929. The van der Waals surface area contributed by atoms with Gasteiger partial charge in [-0.2, -0.15) is 0 Å². The monoisotopic (exact) mass is 314 g/mol. The van der Waals surface area contributed by atoms with E-state index < -0.39 is 0 Å². The van der Waals surface area contributed by atoms with Crippen LogP contribution in [0.2, 0.25) is 0 Å². The topological polar surface area (TPSA) is 49.4 Å². The molecule has 0 bridgehead atoms. The smallest absolute Gasteiger partial charge is 0.229 e. The number of hydrogen-bond donors (Lipinski definition) is 1. The van der Waals surface area contributed by atoms with Crippen LogP contribution in [-0.2, 0) is 9.59 Å². The Morgan fingerprint density at radius 3 is 2.57 bits per heavy atom. The molecule has 1 atom stereocenters. The average molecular weight is 314 g/mol. The highest BCUT2D eigenvalue weighted by Crippen LogP contribution is 2.29. The minimum Gasteiger partial charge on any atom is -0.339 e. The standard InChI is InChI=1S/C19H26N2O2/c1-13-8-9-16(10-14(13)2)20-19(23)15-11-18(22)21(12-15)17-6-4-3-5-7-17/h8-10,15,17H,3-7,11-12H2,1-2H3,(H,20,23)/t15-/m1/s1. The minimum absolute atomic E-state index is 0.0279. The molecular formula is C19H26N2O2. The maximum absolute atomic E-state index is 12.5. The highest BCUT2D eigenvalue weighted by Gasteiger charge is 2.38. The summed E-state index contributed by atoms with van der Waals surface area (Å²) in [5, 5.41) is 2.98. The Labute approximate surface area is 138 Å². The predicted molar refractivity (Wildman–Crippen MR) is 91.2 cm³/mol. The van der Waals surface area contributed by atoms with Gasteiger partial charge in [-0.1, -0.05) is 25.3 Å². The molecule has 1 aromatic rings. The lowest BCUT2D eigenvalue weighted by molar-refractivity contribution is -0.130. The van der Waals surface area contributed by atoms with Gasteiger partial charge in [-0.25, -0.2) is 0 Å². The van der Waals surface area contributed by atoms with Gasteiger partial charge >= 0.3 is 0 Å². The molecule has 1 aliphatic heterocycles. The number of likely N-dealkylation sites (tertiary alicyclic amines) is 1. The molecule has 1 N–H and O–H groups in total. The number of nitrogens with zero attached hydrogens (tertiary/aromatic N) is 1. The number of carbonyl (C=O) groups is 2. The van der Waals surface area contributed by atoms with E-state index in [9.17, 15) is 9.59 Å². The van der Waals surface area contributed by atoms with E-state index in [1.165, 1.54) is 24.8 Å². The summed E-state index contributed by atoms with van der Waals surface area (Å²) in [5.41, 5.74) is 3.19. The summed E-state index contributed by atoms with van der Waals surface area (Å²) in [6.07, 6.45) is 6.22. The SMILES string of the molecule is Cc1ccc(NC(=O)[C@@H]2CC(=O)N(C3CCCCC3)C2)cc1C. The third-order valence-electron chi connectivity index (χ3n) is 5.32. The number of amides is 2. The van der Waals surface area contributed by atoms with Crippen molar-refractivity contribution in [2.75, 3.05) is 11.9 Å². The summed E-state index contributed by atoms with van der Waals surface area (Å²) in [7, 11) is 0. The zero-order valence-corrected chi connectivity index (χ0v) is 14.1. The van der Waals surface area contributed by atoms with Crippen LogP contribution in [0.25, 0.3) is 0 Å². The first-order valence-corrected chi connectivity index (χ1v) is 8.72. The molecule has 124 valence electrons. The van der Waals surface area contributed by atoms with E-state index in [0.717, 1.165) is 24.1 Å². The lowest BCUT2D eigenvalue weighted by atomic mass is 9.94. The second kappa shape index (κ2) is 6.73. The first kappa shape index (κ1) is 16.0. The van der Waals surface area contributed by atoms with Crippen molar-refractivity contribution >= 4 is 17.5 Å². The summed E-state index contributed by atoms with van der Waals surface area (Å²) in [6, 6.07) is 6.29. The van der Waals surface area contributed by atoms with Crippen LogP contribution in [0.5, 0.6) is 0 Å². The number of aryl methyl sites for hydroxylation is 2. The molecule has 1 aliphatic carbocycles. The van der Waals surface area contributed by atoms with Crippen LogP contribution in [-0.4, -0.2) is 29.3 Å². The molecule has 1 aromatic carbocycles. The zero-order chi connectivity index (χ0) is 16.4. The number of anilines is 1. The summed E-state index contributed by atoms with van der Waals surface area (Å²) in [5.74, 6) is -0.0944. The van der Waals surface area contributed by atoms with Gasteiger partial charge in [-0.15, -0.1) is 0 Å². The molecule has 0 spiro atoms. The molecule has 23 heavy (non-hydrogen) atoms. The number of rotatable bonds is 3. The third kappa shape index (κ3) is 3.57. The number of benzene rings is 1. The van der Waals surface area contributed by atoms with E-state index in [0.29, 0.717) is 19.0 Å². The fourth-order valence-corrected chi connectivity index (χ4v) is 3.72. The molecule has 0 aromatic heterocycles. The molecule has 2 fully saturated rings. The Kier molecular flexibility index (Phi) is 4.69. The second-order valence-corrected chi connectivity index (χ2v) is 7.03. The Hall–Kier alpha value is -1.84. The number of nitrogens with one attached hydrogen (secondary N) is 1. The molecule has 3 rings (SSSR count). The summed E-state index contributed by atoms with van der Waals surface area (Å²) >= 11 is 0. The van der Waals surface area contributed by atoms with Crippen molar-refractivity contribution in [3.8, 4) is 0 Å². The number of hydrogen-bond acceptors (Lipinski definition) is 2. The molecule has 4 nitrogen and oxygen atoms in total. The van der Waals surface area contributed by atoms with E-state index in [1.54, 1.807) is 0 Å². The van der Waals surface area contributed by atoms with Gasteiger partial charge in [0.05, 0.1) is 5.92 Å². The van der Waals surface area contributed by atoms with Crippen LogP contribution in [0.1, 0.15) is 49.7 Å². The lowest BCUT2D eigenvalue weighted by Gasteiger charge is -2.31. The largest absolute Gasteiger partial charge is 0.339 e. The first-order chi connectivity index (χ1) is 11.0.